The normalized spacial score (nSPS) is 10.7. The third kappa shape index (κ3) is 2.89. The quantitative estimate of drug-likeness (QED) is 0.885. The van der Waals surface area contributed by atoms with Gasteiger partial charge in [0.15, 0.2) is 0 Å². The molecule has 0 unspecified atom stereocenters. The van der Waals surface area contributed by atoms with Gasteiger partial charge in [-0.25, -0.2) is 0 Å². The smallest absolute Gasteiger partial charge is 0.0707 e. The van der Waals surface area contributed by atoms with E-state index in [1.165, 1.54) is 11.1 Å². The second kappa shape index (κ2) is 5.79. The summed E-state index contributed by atoms with van der Waals surface area (Å²) in [5, 5.41) is 10.00. The first-order chi connectivity index (χ1) is 8.61. The van der Waals surface area contributed by atoms with Gasteiger partial charge in [-0.15, -0.1) is 0 Å². The predicted molar refractivity (Wildman–Crippen MR) is 77.4 cm³/mol. The summed E-state index contributed by atoms with van der Waals surface area (Å²) in [5.41, 5.74) is 3.35. The van der Waals surface area contributed by atoms with Crippen molar-refractivity contribution in [2.45, 2.75) is 30.2 Å². The van der Waals surface area contributed by atoms with E-state index in [1.54, 1.807) is 17.8 Å². The number of aliphatic hydroxyl groups is 1. The summed E-state index contributed by atoms with van der Waals surface area (Å²) in [6.45, 7) is 4.17. The number of halogens is 1. The molecular weight excluding hydrogens is 264 g/mol. The van der Waals surface area contributed by atoms with Gasteiger partial charge in [0.2, 0.25) is 0 Å². The van der Waals surface area contributed by atoms with Gasteiger partial charge in [-0.2, -0.15) is 0 Å². The molecule has 1 N–H and O–H groups in total. The van der Waals surface area contributed by atoms with Crippen molar-refractivity contribution < 1.29 is 5.11 Å². The zero-order chi connectivity index (χ0) is 13.1. The van der Waals surface area contributed by atoms with Gasteiger partial charge in [-0.05, 0) is 49.2 Å². The molecule has 0 saturated heterocycles. The first kappa shape index (κ1) is 13.5. The van der Waals surface area contributed by atoms with Gasteiger partial charge in [0.1, 0.15) is 0 Å². The van der Waals surface area contributed by atoms with Crippen LogP contribution in [0.3, 0.4) is 0 Å². The number of hydrogen-bond donors (Lipinski definition) is 1. The van der Waals surface area contributed by atoms with Crippen LogP contribution in [-0.4, -0.2) is 5.11 Å². The molecule has 0 spiro atoms. The second-order valence-electron chi connectivity index (χ2n) is 4.22. The van der Waals surface area contributed by atoms with E-state index in [9.17, 15) is 5.11 Å². The van der Waals surface area contributed by atoms with Gasteiger partial charge in [-0.1, -0.05) is 35.5 Å². The van der Waals surface area contributed by atoms with Crippen molar-refractivity contribution in [2.75, 3.05) is 0 Å². The van der Waals surface area contributed by atoms with Crippen molar-refractivity contribution in [3.8, 4) is 0 Å². The van der Waals surface area contributed by atoms with E-state index >= 15 is 0 Å². The Hall–Kier alpha value is -0.960. The molecule has 1 nitrogen and oxygen atoms in total. The van der Waals surface area contributed by atoms with E-state index in [0.29, 0.717) is 5.02 Å². The zero-order valence-electron chi connectivity index (χ0n) is 10.4. The fraction of sp³-hybridized carbons (Fsp3) is 0.200. The van der Waals surface area contributed by atoms with Crippen LogP contribution in [-0.2, 0) is 6.61 Å². The lowest BCUT2D eigenvalue weighted by atomic mass is 10.1. The fourth-order valence-corrected chi connectivity index (χ4v) is 3.05. The Bertz CT molecular complexity index is 566. The lowest BCUT2D eigenvalue weighted by Crippen LogP contribution is -1.89. The Morgan fingerprint density at radius 3 is 2.56 bits per heavy atom. The van der Waals surface area contributed by atoms with Crippen LogP contribution in [0.25, 0.3) is 0 Å². The van der Waals surface area contributed by atoms with E-state index in [1.807, 2.05) is 12.1 Å². The topological polar surface area (TPSA) is 20.2 Å². The van der Waals surface area contributed by atoms with Crippen LogP contribution in [0.1, 0.15) is 16.7 Å². The molecule has 0 bridgehead atoms. The molecule has 2 rings (SSSR count). The lowest BCUT2D eigenvalue weighted by molar-refractivity contribution is 0.279. The third-order valence-electron chi connectivity index (χ3n) is 2.94. The molecule has 0 amide bonds. The van der Waals surface area contributed by atoms with Gasteiger partial charge < -0.3 is 5.11 Å². The Morgan fingerprint density at radius 1 is 1.11 bits per heavy atom. The molecule has 0 aliphatic heterocycles. The van der Waals surface area contributed by atoms with Crippen LogP contribution in [0.4, 0.5) is 0 Å². The van der Waals surface area contributed by atoms with E-state index in [0.717, 1.165) is 15.4 Å². The van der Waals surface area contributed by atoms with Crippen LogP contribution in [0, 0.1) is 13.8 Å². The minimum absolute atomic E-state index is 0.0349. The third-order valence-corrected chi connectivity index (χ3v) is 4.39. The summed E-state index contributed by atoms with van der Waals surface area (Å²) in [4.78, 5) is 2.17. The molecule has 0 heterocycles. The summed E-state index contributed by atoms with van der Waals surface area (Å²) in [6, 6.07) is 12.1. The van der Waals surface area contributed by atoms with Crippen molar-refractivity contribution >= 4 is 23.4 Å². The van der Waals surface area contributed by atoms with Gasteiger partial charge >= 0.3 is 0 Å². The van der Waals surface area contributed by atoms with Gasteiger partial charge in [-0.3, -0.25) is 0 Å². The minimum atomic E-state index is -0.0349. The summed E-state index contributed by atoms with van der Waals surface area (Å²) in [7, 11) is 0. The average Bonchev–Trinajstić information content (AvgIpc) is 2.34. The number of aryl methyl sites for hydroxylation is 2. The highest BCUT2D eigenvalue weighted by Crippen LogP contribution is 2.34. The van der Waals surface area contributed by atoms with Gasteiger partial charge in [0.05, 0.1) is 6.61 Å². The van der Waals surface area contributed by atoms with Crippen molar-refractivity contribution in [1.29, 1.82) is 0 Å². The van der Waals surface area contributed by atoms with E-state index in [-0.39, 0.29) is 6.61 Å². The molecule has 0 atom stereocenters. The highest BCUT2D eigenvalue weighted by Gasteiger charge is 2.07. The summed E-state index contributed by atoms with van der Waals surface area (Å²) < 4.78 is 0. The Balaban J connectivity index is 2.34. The molecule has 94 valence electrons. The number of rotatable bonds is 3. The molecular formula is C15H15ClOS. The van der Waals surface area contributed by atoms with Crippen LogP contribution in [0.15, 0.2) is 46.2 Å². The first-order valence-corrected chi connectivity index (χ1v) is 6.94. The second-order valence-corrected chi connectivity index (χ2v) is 5.75. The summed E-state index contributed by atoms with van der Waals surface area (Å²) in [5.74, 6) is 0. The van der Waals surface area contributed by atoms with Crippen LogP contribution >= 0.6 is 23.4 Å². The maximum absolute atomic E-state index is 9.38. The first-order valence-electron chi connectivity index (χ1n) is 5.75. The molecule has 2 aromatic rings. The van der Waals surface area contributed by atoms with Crippen molar-refractivity contribution in [1.82, 2.24) is 0 Å². The standard InChI is InChI=1S/C15H15ClOS/c1-10-6-7-12(8-11(10)2)18-15-5-3-4-14(16)13(15)9-17/h3-8,17H,9H2,1-2H3. The Kier molecular flexibility index (Phi) is 4.33. The van der Waals surface area contributed by atoms with E-state index in [2.05, 4.69) is 32.0 Å². The Labute approximate surface area is 117 Å². The molecule has 2 aromatic carbocycles. The lowest BCUT2D eigenvalue weighted by Gasteiger charge is -2.10. The fourth-order valence-electron chi connectivity index (χ4n) is 1.69. The summed E-state index contributed by atoms with van der Waals surface area (Å²) >= 11 is 7.71. The van der Waals surface area contributed by atoms with Gasteiger partial charge in [0.25, 0.3) is 0 Å². The zero-order valence-corrected chi connectivity index (χ0v) is 12.0. The molecule has 0 fully saturated rings. The van der Waals surface area contributed by atoms with Crippen LogP contribution in [0.2, 0.25) is 5.02 Å². The van der Waals surface area contributed by atoms with Crippen molar-refractivity contribution in [3.05, 3.63) is 58.1 Å². The highest BCUT2D eigenvalue weighted by atomic mass is 35.5. The summed E-state index contributed by atoms with van der Waals surface area (Å²) in [6.07, 6.45) is 0. The predicted octanol–water partition coefficient (Wildman–Crippen LogP) is 4.60. The van der Waals surface area contributed by atoms with E-state index in [4.69, 9.17) is 11.6 Å². The van der Waals surface area contributed by atoms with Crippen molar-refractivity contribution in [3.63, 3.8) is 0 Å². The van der Waals surface area contributed by atoms with Gasteiger partial charge in [0, 0.05) is 20.4 Å². The minimum Gasteiger partial charge on any atom is -0.392 e. The van der Waals surface area contributed by atoms with Crippen LogP contribution in [0.5, 0.6) is 0 Å². The monoisotopic (exact) mass is 278 g/mol. The SMILES string of the molecule is Cc1ccc(Sc2cccc(Cl)c2CO)cc1C. The average molecular weight is 279 g/mol. The van der Waals surface area contributed by atoms with E-state index < -0.39 is 0 Å². The van der Waals surface area contributed by atoms with Crippen molar-refractivity contribution in [2.24, 2.45) is 0 Å². The molecule has 18 heavy (non-hydrogen) atoms. The number of benzene rings is 2. The molecule has 0 saturated carbocycles. The molecule has 0 aromatic heterocycles. The number of aliphatic hydroxyl groups excluding tert-OH is 1. The maximum Gasteiger partial charge on any atom is 0.0707 e. The number of hydrogen-bond acceptors (Lipinski definition) is 2. The molecule has 0 aliphatic rings. The van der Waals surface area contributed by atoms with Crippen LogP contribution < -0.4 is 0 Å². The molecule has 0 aliphatic carbocycles. The highest BCUT2D eigenvalue weighted by molar-refractivity contribution is 7.99. The molecule has 3 heteroatoms. The maximum atomic E-state index is 9.38. The molecule has 0 radical (unpaired) electrons. The Morgan fingerprint density at radius 2 is 1.89 bits per heavy atom. The largest absolute Gasteiger partial charge is 0.392 e.